The molecule has 0 amide bonds. The minimum Gasteiger partial charge on any atom is -0.337 e. The lowest BCUT2D eigenvalue weighted by molar-refractivity contribution is 1.30. The fraction of sp³-hybridized carbons (Fsp3) is 0.0294. The molecule has 0 atom stereocenters. The molecule has 2 nitrogen and oxygen atoms in total. The first kappa shape index (κ1) is 21.8. The molecule has 5 aromatic carbocycles. The fourth-order valence-electron chi connectivity index (χ4n) is 4.55. The second-order valence-corrected chi connectivity index (χ2v) is 9.06. The zero-order valence-corrected chi connectivity index (χ0v) is 20.1. The van der Waals surface area contributed by atoms with Crippen molar-refractivity contribution in [3.63, 3.8) is 0 Å². The molecule has 0 spiro atoms. The highest BCUT2D eigenvalue weighted by Gasteiger charge is 2.16. The molecule has 1 N–H and O–H groups in total. The van der Waals surface area contributed by atoms with Crippen molar-refractivity contribution < 1.29 is 0 Å². The van der Waals surface area contributed by atoms with Crippen molar-refractivity contribution in [2.24, 2.45) is 0 Å². The molecule has 0 aliphatic rings. The van der Waals surface area contributed by atoms with Gasteiger partial charge in [0.25, 0.3) is 0 Å². The third-order valence-corrected chi connectivity index (χ3v) is 6.57. The summed E-state index contributed by atoms with van der Waals surface area (Å²) in [5.74, 6) is 0.874. The van der Waals surface area contributed by atoms with E-state index in [4.69, 9.17) is 4.98 Å². The summed E-state index contributed by atoms with van der Waals surface area (Å²) in [6.07, 6.45) is 0. The average Bonchev–Trinajstić information content (AvgIpc) is 3.40. The first-order valence-corrected chi connectivity index (χ1v) is 12.2. The number of aryl methyl sites for hydroxylation is 1. The van der Waals surface area contributed by atoms with Gasteiger partial charge < -0.3 is 4.98 Å². The predicted octanol–water partition coefficient (Wildman–Crippen LogP) is 9.05. The summed E-state index contributed by atoms with van der Waals surface area (Å²) in [5, 5.41) is 0. The van der Waals surface area contributed by atoms with E-state index < -0.39 is 0 Å². The highest BCUT2D eigenvalue weighted by atomic mass is 14.9. The third kappa shape index (κ3) is 4.37. The minimum atomic E-state index is 0.874. The number of aromatic nitrogens is 2. The number of benzene rings is 5. The van der Waals surface area contributed by atoms with Gasteiger partial charge >= 0.3 is 0 Å². The van der Waals surface area contributed by atoms with Gasteiger partial charge in [0.1, 0.15) is 5.82 Å². The second kappa shape index (κ2) is 9.52. The van der Waals surface area contributed by atoms with Crippen LogP contribution < -0.4 is 0 Å². The fourth-order valence-corrected chi connectivity index (χ4v) is 4.55. The Labute approximate surface area is 212 Å². The van der Waals surface area contributed by atoms with Crippen LogP contribution in [0.5, 0.6) is 0 Å². The maximum atomic E-state index is 5.08. The Morgan fingerprint density at radius 2 is 0.833 bits per heavy atom. The van der Waals surface area contributed by atoms with E-state index in [0.717, 1.165) is 33.9 Å². The molecule has 6 rings (SSSR count). The molecule has 0 aliphatic heterocycles. The lowest BCUT2D eigenvalue weighted by Gasteiger charge is -2.07. The van der Waals surface area contributed by atoms with Crippen LogP contribution in [-0.4, -0.2) is 9.97 Å². The molecule has 0 bridgehead atoms. The van der Waals surface area contributed by atoms with Gasteiger partial charge in [0, 0.05) is 16.7 Å². The van der Waals surface area contributed by atoms with Crippen LogP contribution in [0.4, 0.5) is 0 Å². The number of hydrogen-bond acceptors (Lipinski definition) is 1. The Morgan fingerprint density at radius 1 is 0.417 bits per heavy atom. The van der Waals surface area contributed by atoms with E-state index in [-0.39, 0.29) is 0 Å². The van der Waals surface area contributed by atoms with Gasteiger partial charge in [0.2, 0.25) is 0 Å². The van der Waals surface area contributed by atoms with E-state index in [2.05, 4.69) is 133 Å². The van der Waals surface area contributed by atoms with Crippen LogP contribution in [0.1, 0.15) is 5.56 Å². The van der Waals surface area contributed by atoms with Crippen molar-refractivity contribution >= 4 is 0 Å². The number of rotatable bonds is 5. The van der Waals surface area contributed by atoms with E-state index in [1.54, 1.807) is 0 Å². The molecule has 0 radical (unpaired) electrons. The molecule has 36 heavy (non-hydrogen) atoms. The minimum absolute atomic E-state index is 0.874. The smallest absolute Gasteiger partial charge is 0.138 e. The first-order valence-electron chi connectivity index (χ1n) is 12.2. The van der Waals surface area contributed by atoms with Crippen LogP contribution in [0.3, 0.4) is 0 Å². The Morgan fingerprint density at radius 3 is 1.36 bits per heavy atom. The van der Waals surface area contributed by atoms with E-state index in [9.17, 15) is 0 Å². The summed E-state index contributed by atoms with van der Waals surface area (Å²) in [5.41, 5.74) is 11.3. The van der Waals surface area contributed by atoms with Crippen molar-refractivity contribution in [1.82, 2.24) is 9.97 Å². The molecule has 0 saturated heterocycles. The molecule has 172 valence electrons. The van der Waals surface area contributed by atoms with Crippen molar-refractivity contribution in [3.05, 3.63) is 139 Å². The van der Waals surface area contributed by atoms with Gasteiger partial charge in [-0.3, -0.25) is 0 Å². The van der Waals surface area contributed by atoms with E-state index in [1.807, 2.05) is 12.1 Å². The molecular formula is C34H26N2. The Balaban J connectivity index is 1.42. The lowest BCUT2D eigenvalue weighted by Crippen LogP contribution is -1.85. The van der Waals surface area contributed by atoms with E-state index in [1.165, 1.54) is 27.8 Å². The normalized spacial score (nSPS) is 10.9. The van der Waals surface area contributed by atoms with Gasteiger partial charge in [0.05, 0.1) is 11.4 Å². The lowest BCUT2D eigenvalue weighted by atomic mass is 9.99. The van der Waals surface area contributed by atoms with Crippen LogP contribution >= 0.6 is 0 Å². The summed E-state index contributed by atoms with van der Waals surface area (Å²) in [6, 6.07) is 46.8. The Hall–Kier alpha value is -4.69. The Bertz CT molecular complexity index is 1480. The summed E-state index contributed by atoms with van der Waals surface area (Å²) in [4.78, 5) is 8.71. The molecule has 0 fully saturated rings. The highest BCUT2D eigenvalue weighted by molar-refractivity contribution is 5.83. The maximum absolute atomic E-state index is 5.08. The van der Waals surface area contributed by atoms with Gasteiger partial charge in [-0.1, -0.05) is 139 Å². The zero-order chi connectivity index (χ0) is 24.3. The average molecular weight is 463 g/mol. The molecule has 1 heterocycles. The molecule has 0 saturated carbocycles. The molecular weight excluding hydrogens is 436 g/mol. The largest absolute Gasteiger partial charge is 0.337 e. The summed E-state index contributed by atoms with van der Waals surface area (Å²) >= 11 is 0. The molecule has 1 aromatic heterocycles. The van der Waals surface area contributed by atoms with Crippen LogP contribution in [-0.2, 0) is 0 Å². The summed E-state index contributed by atoms with van der Waals surface area (Å²) in [6.45, 7) is 2.10. The quantitative estimate of drug-likeness (QED) is 0.272. The van der Waals surface area contributed by atoms with Gasteiger partial charge in [-0.15, -0.1) is 0 Å². The SMILES string of the molecule is Cc1ccc(-c2nc(-c3ccc(-c4ccccc4)cc3)c(-c3ccc(-c4ccccc4)cc3)[nH]2)cc1. The monoisotopic (exact) mass is 462 g/mol. The van der Waals surface area contributed by atoms with Crippen molar-refractivity contribution in [2.45, 2.75) is 6.92 Å². The third-order valence-electron chi connectivity index (χ3n) is 6.57. The van der Waals surface area contributed by atoms with Gasteiger partial charge in [0.15, 0.2) is 0 Å². The number of nitrogens with one attached hydrogen (secondary N) is 1. The highest BCUT2D eigenvalue weighted by Crippen LogP contribution is 2.35. The van der Waals surface area contributed by atoms with Crippen LogP contribution in [0.15, 0.2) is 133 Å². The van der Waals surface area contributed by atoms with Gasteiger partial charge in [-0.25, -0.2) is 4.98 Å². The number of nitrogens with zero attached hydrogens (tertiary/aromatic N) is 1. The van der Waals surface area contributed by atoms with Gasteiger partial charge in [-0.2, -0.15) is 0 Å². The first-order chi connectivity index (χ1) is 17.7. The standard InChI is InChI=1S/C34H26N2/c1-24-12-14-31(15-13-24)34-35-32(29-20-16-27(17-21-29)25-8-4-2-5-9-25)33(36-34)30-22-18-28(19-23-30)26-10-6-3-7-11-26/h2-23H,1H3,(H,35,36). The predicted molar refractivity (Wildman–Crippen MR) is 151 cm³/mol. The topological polar surface area (TPSA) is 28.7 Å². The van der Waals surface area contributed by atoms with E-state index in [0.29, 0.717) is 0 Å². The molecule has 0 aliphatic carbocycles. The zero-order valence-electron chi connectivity index (χ0n) is 20.1. The van der Waals surface area contributed by atoms with Crippen LogP contribution in [0, 0.1) is 6.92 Å². The molecule has 2 heteroatoms. The molecule has 0 unspecified atom stereocenters. The number of H-pyrrole nitrogens is 1. The van der Waals surface area contributed by atoms with Gasteiger partial charge in [-0.05, 0) is 29.2 Å². The van der Waals surface area contributed by atoms with Crippen LogP contribution in [0.2, 0.25) is 0 Å². The van der Waals surface area contributed by atoms with Crippen molar-refractivity contribution in [3.8, 4) is 56.2 Å². The van der Waals surface area contributed by atoms with Crippen molar-refractivity contribution in [2.75, 3.05) is 0 Å². The van der Waals surface area contributed by atoms with Crippen molar-refractivity contribution in [1.29, 1.82) is 0 Å². The maximum Gasteiger partial charge on any atom is 0.138 e. The number of imidazole rings is 1. The summed E-state index contributed by atoms with van der Waals surface area (Å²) < 4.78 is 0. The number of hydrogen-bond donors (Lipinski definition) is 1. The second-order valence-electron chi connectivity index (χ2n) is 9.06. The van der Waals surface area contributed by atoms with E-state index >= 15 is 0 Å². The van der Waals surface area contributed by atoms with Crippen LogP contribution in [0.25, 0.3) is 56.2 Å². The summed E-state index contributed by atoms with van der Waals surface area (Å²) in [7, 11) is 0. The number of aromatic amines is 1. The molecule has 6 aromatic rings. The Kier molecular flexibility index (Phi) is 5.77.